The fourth-order valence-corrected chi connectivity index (χ4v) is 5.16. The summed E-state index contributed by atoms with van der Waals surface area (Å²) < 4.78 is 38.4. The average Bonchev–Trinajstić information content (AvgIpc) is 3.29. The first-order valence-corrected chi connectivity index (χ1v) is 15.5. The number of rotatable bonds is 14. The third kappa shape index (κ3) is 8.81. The summed E-state index contributed by atoms with van der Waals surface area (Å²) >= 11 is 0. The molecule has 41 heavy (non-hydrogen) atoms. The molecule has 3 aromatic carbocycles. The van der Waals surface area contributed by atoms with Crippen LogP contribution in [0.25, 0.3) is 10.9 Å². The molecule has 2 atom stereocenters. The average molecular weight is 580 g/mol. The number of hydrogen-bond donors (Lipinski definition) is 3. The topological polar surface area (TPSA) is 119 Å². The van der Waals surface area contributed by atoms with Gasteiger partial charge >= 0.3 is 5.97 Å². The minimum atomic E-state index is -3.37. The molecule has 10 heteroatoms. The molecular weight excluding hydrogens is 542 g/mol. The lowest BCUT2D eigenvalue weighted by Gasteiger charge is -2.18. The van der Waals surface area contributed by atoms with Gasteiger partial charge in [0.15, 0.2) is 0 Å². The van der Waals surface area contributed by atoms with Gasteiger partial charge in [0.05, 0.1) is 12.9 Å². The van der Waals surface area contributed by atoms with Crippen molar-refractivity contribution in [3.8, 4) is 5.75 Å². The van der Waals surface area contributed by atoms with Crippen molar-refractivity contribution in [2.45, 2.75) is 39.0 Å². The fourth-order valence-electron chi connectivity index (χ4n) is 4.60. The molecule has 0 amide bonds. The zero-order chi connectivity index (χ0) is 29.4. The number of hydrogen-bond acceptors (Lipinski definition) is 7. The van der Waals surface area contributed by atoms with E-state index in [9.17, 15) is 18.3 Å². The second-order valence-electron chi connectivity index (χ2n) is 10.1. The van der Waals surface area contributed by atoms with Gasteiger partial charge < -0.3 is 24.5 Å². The van der Waals surface area contributed by atoms with Gasteiger partial charge in [-0.25, -0.2) is 13.2 Å². The van der Waals surface area contributed by atoms with E-state index < -0.39 is 22.1 Å². The minimum absolute atomic E-state index is 0.101. The largest absolute Gasteiger partial charge is 0.491 e. The van der Waals surface area contributed by atoms with Crippen molar-refractivity contribution in [3.63, 3.8) is 0 Å². The summed E-state index contributed by atoms with van der Waals surface area (Å²) in [6, 6.07) is 24.5. The van der Waals surface area contributed by atoms with Gasteiger partial charge in [0.1, 0.15) is 24.2 Å². The first kappa shape index (κ1) is 30.1. The van der Waals surface area contributed by atoms with E-state index in [-0.39, 0.29) is 19.3 Å². The Hall–Kier alpha value is -3.86. The number of aliphatic hydroxyl groups excluding tert-OH is 1. The summed E-state index contributed by atoms with van der Waals surface area (Å²) in [5, 5.41) is 14.6. The molecule has 3 N–H and O–H groups in total. The Balaban J connectivity index is 1.44. The van der Waals surface area contributed by atoms with Crippen LogP contribution in [-0.2, 0) is 27.7 Å². The predicted molar refractivity (Wildman–Crippen MR) is 161 cm³/mol. The van der Waals surface area contributed by atoms with Gasteiger partial charge in [-0.05, 0) is 73.9 Å². The number of ether oxygens (including phenoxy) is 2. The number of carbonyl (C=O) groups is 1. The molecule has 0 saturated carbocycles. The molecule has 0 aliphatic heterocycles. The lowest BCUT2D eigenvalue weighted by molar-refractivity contribution is 0.0515. The Morgan fingerprint density at radius 1 is 1.00 bits per heavy atom. The lowest BCUT2D eigenvalue weighted by Crippen LogP contribution is -2.37. The minimum Gasteiger partial charge on any atom is -0.491 e. The van der Waals surface area contributed by atoms with E-state index in [1.54, 1.807) is 19.1 Å². The molecule has 0 aliphatic rings. The third-order valence-corrected chi connectivity index (χ3v) is 7.08. The lowest BCUT2D eigenvalue weighted by atomic mass is 10.0. The van der Waals surface area contributed by atoms with Crippen LogP contribution in [0.2, 0.25) is 0 Å². The molecule has 0 fully saturated rings. The van der Waals surface area contributed by atoms with Crippen LogP contribution < -0.4 is 14.8 Å². The number of nitrogens with one attached hydrogen (secondary N) is 2. The maximum absolute atomic E-state index is 12.8. The summed E-state index contributed by atoms with van der Waals surface area (Å²) in [4.78, 5) is 12.8. The Morgan fingerprint density at radius 3 is 2.39 bits per heavy atom. The Bertz CT molecular complexity index is 1550. The highest BCUT2D eigenvalue weighted by molar-refractivity contribution is 7.92. The van der Waals surface area contributed by atoms with E-state index >= 15 is 0 Å². The molecule has 4 rings (SSSR count). The number of benzene rings is 3. The monoisotopic (exact) mass is 579 g/mol. The Kier molecular flexibility index (Phi) is 10.0. The second kappa shape index (κ2) is 13.7. The zero-order valence-corrected chi connectivity index (χ0v) is 24.4. The van der Waals surface area contributed by atoms with E-state index in [2.05, 4.69) is 23.0 Å². The van der Waals surface area contributed by atoms with Gasteiger partial charge in [-0.2, -0.15) is 0 Å². The SMILES string of the molecule is CCOC(=O)c1cc2cc(C[C@@H](C)NC[C@H](O)COc3ccccc3)ccc2n1Cc1ccc(NS(C)(=O)=O)cc1. The molecule has 0 saturated heterocycles. The van der Waals surface area contributed by atoms with Crippen LogP contribution in [-0.4, -0.2) is 62.2 Å². The highest BCUT2D eigenvalue weighted by Crippen LogP contribution is 2.25. The smallest absolute Gasteiger partial charge is 0.354 e. The maximum Gasteiger partial charge on any atom is 0.354 e. The molecule has 0 spiro atoms. The number of aliphatic hydroxyl groups is 1. The number of esters is 1. The molecule has 1 heterocycles. The molecule has 4 aromatic rings. The van der Waals surface area contributed by atoms with Crippen LogP contribution in [0.3, 0.4) is 0 Å². The maximum atomic E-state index is 12.8. The number of anilines is 1. The predicted octanol–water partition coefficient (Wildman–Crippen LogP) is 4.20. The summed E-state index contributed by atoms with van der Waals surface area (Å²) in [6.07, 6.45) is 1.20. The second-order valence-corrected chi connectivity index (χ2v) is 11.8. The zero-order valence-electron chi connectivity index (χ0n) is 23.5. The molecule has 0 radical (unpaired) electrons. The quantitative estimate of drug-likeness (QED) is 0.192. The Labute approximate surface area is 241 Å². The molecule has 9 nitrogen and oxygen atoms in total. The third-order valence-electron chi connectivity index (χ3n) is 6.48. The van der Waals surface area contributed by atoms with Crippen LogP contribution in [0.5, 0.6) is 5.75 Å². The van der Waals surface area contributed by atoms with Crippen LogP contribution in [0.15, 0.2) is 78.9 Å². The van der Waals surface area contributed by atoms with Crippen molar-refractivity contribution in [3.05, 3.63) is 95.7 Å². The van der Waals surface area contributed by atoms with Gasteiger partial charge in [-0.15, -0.1) is 0 Å². The van der Waals surface area contributed by atoms with Crippen LogP contribution in [0, 0.1) is 0 Å². The number of sulfonamides is 1. The molecule has 0 bridgehead atoms. The standard InChI is InChI=1S/C31H37N3O6S/c1-4-39-31(36)30-18-25-17-24(16-22(2)32-19-27(35)21-40-28-8-6-5-7-9-28)12-15-29(25)34(30)20-23-10-13-26(14-11-23)33-41(3,37)38/h5-15,17-18,22,27,32-33,35H,4,16,19-21H2,1-3H3/t22-,27+/m1/s1. The van der Waals surface area contributed by atoms with Crippen LogP contribution in [0.4, 0.5) is 5.69 Å². The number of fused-ring (bicyclic) bond motifs is 1. The van der Waals surface area contributed by atoms with Crippen molar-refractivity contribution in [1.82, 2.24) is 9.88 Å². The van der Waals surface area contributed by atoms with Crippen molar-refractivity contribution in [2.75, 3.05) is 30.7 Å². The first-order valence-electron chi connectivity index (χ1n) is 13.6. The summed E-state index contributed by atoms with van der Waals surface area (Å²) in [6.45, 7) is 5.12. The van der Waals surface area contributed by atoms with Crippen LogP contribution >= 0.6 is 0 Å². The number of para-hydroxylation sites is 1. The van der Waals surface area contributed by atoms with Crippen LogP contribution in [0.1, 0.15) is 35.5 Å². The normalized spacial score (nSPS) is 13.1. The van der Waals surface area contributed by atoms with Gasteiger partial charge in [-0.1, -0.05) is 36.4 Å². The highest BCUT2D eigenvalue weighted by atomic mass is 32.2. The summed E-state index contributed by atoms with van der Waals surface area (Å²) in [7, 11) is -3.37. The fraction of sp³-hybridized carbons (Fsp3) is 0.323. The molecule has 218 valence electrons. The van der Waals surface area contributed by atoms with Gasteiger partial charge in [0, 0.05) is 35.7 Å². The van der Waals surface area contributed by atoms with E-state index in [4.69, 9.17) is 9.47 Å². The molecule has 0 unspecified atom stereocenters. The molecule has 1 aromatic heterocycles. The van der Waals surface area contributed by atoms with Gasteiger partial charge in [0.2, 0.25) is 10.0 Å². The molecule has 0 aliphatic carbocycles. The highest BCUT2D eigenvalue weighted by Gasteiger charge is 2.18. The summed E-state index contributed by atoms with van der Waals surface area (Å²) in [5.41, 5.74) is 3.82. The molecular formula is C31H37N3O6S. The number of carbonyl (C=O) groups excluding carboxylic acids is 1. The van der Waals surface area contributed by atoms with Crippen molar-refractivity contribution in [2.24, 2.45) is 0 Å². The van der Waals surface area contributed by atoms with E-state index in [0.717, 1.165) is 40.5 Å². The number of nitrogens with zero attached hydrogens (tertiary/aromatic N) is 1. The van der Waals surface area contributed by atoms with E-state index in [1.165, 1.54) is 0 Å². The Morgan fingerprint density at radius 2 is 1.71 bits per heavy atom. The van der Waals surface area contributed by atoms with E-state index in [1.807, 2.05) is 65.2 Å². The van der Waals surface area contributed by atoms with Crippen molar-refractivity contribution in [1.29, 1.82) is 0 Å². The first-order chi connectivity index (χ1) is 19.6. The van der Waals surface area contributed by atoms with E-state index in [0.29, 0.717) is 24.5 Å². The number of aromatic nitrogens is 1. The van der Waals surface area contributed by atoms with Gasteiger partial charge in [-0.3, -0.25) is 4.72 Å². The summed E-state index contributed by atoms with van der Waals surface area (Å²) in [5.74, 6) is 0.324. The van der Waals surface area contributed by atoms with Crippen molar-refractivity contribution >= 4 is 32.6 Å². The van der Waals surface area contributed by atoms with Crippen molar-refractivity contribution < 1.29 is 27.8 Å². The van der Waals surface area contributed by atoms with Gasteiger partial charge in [0.25, 0.3) is 0 Å².